The number of carbonyl (C=O) groups is 1. The molecule has 0 aromatic carbocycles. The molecule has 7 nitrogen and oxygen atoms in total. The van der Waals surface area contributed by atoms with Gasteiger partial charge in [-0.2, -0.15) is 0 Å². The van der Waals surface area contributed by atoms with Crippen molar-refractivity contribution >= 4 is 35.8 Å². The van der Waals surface area contributed by atoms with E-state index in [1.165, 1.54) is 0 Å². The predicted octanol–water partition coefficient (Wildman–Crippen LogP) is 1.97. The molecule has 0 aliphatic rings. The second-order valence-corrected chi connectivity index (χ2v) is 5.26. The summed E-state index contributed by atoms with van der Waals surface area (Å²) in [6.07, 6.45) is 0. The van der Waals surface area contributed by atoms with Crippen LogP contribution in [0.25, 0.3) is 0 Å². The van der Waals surface area contributed by atoms with E-state index >= 15 is 0 Å². The van der Waals surface area contributed by atoms with E-state index in [2.05, 4.69) is 15.3 Å². The van der Waals surface area contributed by atoms with E-state index in [1.807, 2.05) is 49.8 Å². The summed E-state index contributed by atoms with van der Waals surface area (Å²) in [4.78, 5) is 24.8. The number of methoxy groups -OCH3 is 1. The Morgan fingerprint density at radius 2 is 1.96 bits per heavy atom. The highest BCUT2D eigenvalue weighted by Crippen LogP contribution is 2.07. The number of halogens is 1. The third-order valence-electron chi connectivity index (χ3n) is 3.57. The fourth-order valence-electron chi connectivity index (χ4n) is 2.24. The van der Waals surface area contributed by atoms with Crippen LogP contribution in [-0.2, 0) is 11.3 Å². The molecule has 0 fully saturated rings. The van der Waals surface area contributed by atoms with Crippen molar-refractivity contribution in [3.05, 3.63) is 23.9 Å². The molecule has 0 saturated heterocycles. The molecule has 0 aliphatic carbocycles. The molecule has 1 aromatic heterocycles. The van der Waals surface area contributed by atoms with Crippen molar-refractivity contribution in [3.63, 3.8) is 0 Å². The van der Waals surface area contributed by atoms with Crippen LogP contribution in [0.3, 0.4) is 0 Å². The van der Waals surface area contributed by atoms with Crippen LogP contribution in [0.15, 0.2) is 23.2 Å². The lowest BCUT2D eigenvalue weighted by molar-refractivity contribution is -0.131. The van der Waals surface area contributed by atoms with Crippen molar-refractivity contribution in [3.8, 4) is 5.88 Å². The van der Waals surface area contributed by atoms with Crippen molar-refractivity contribution in [1.29, 1.82) is 0 Å². The van der Waals surface area contributed by atoms with Crippen LogP contribution in [0, 0.1) is 0 Å². The molecule has 1 amide bonds. The molecule has 0 spiro atoms. The maximum Gasteiger partial charge on any atom is 0.242 e. The predicted molar refractivity (Wildman–Crippen MR) is 112 cm³/mol. The van der Waals surface area contributed by atoms with Crippen molar-refractivity contribution in [2.75, 3.05) is 40.3 Å². The fraction of sp³-hybridized carbons (Fsp3) is 0.588. The number of pyridine rings is 1. The van der Waals surface area contributed by atoms with Crippen molar-refractivity contribution in [2.45, 2.75) is 27.3 Å². The fourth-order valence-corrected chi connectivity index (χ4v) is 2.24. The van der Waals surface area contributed by atoms with Gasteiger partial charge in [0.25, 0.3) is 0 Å². The second kappa shape index (κ2) is 12.7. The first kappa shape index (κ1) is 23.4. The van der Waals surface area contributed by atoms with E-state index in [9.17, 15) is 4.79 Å². The molecular formula is C17H30IN5O2. The largest absolute Gasteiger partial charge is 0.481 e. The zero-order valence-corrected chi connectivity index (χ0v) is 18.1. The standard InChI is InChI=1S/C17H29N5O2.HI/c1-6-18-17(21(4)13-16(23)22(7-2)8-3)19-12-14-10-9-11-15(20-14)24-5;/h9-11H,6-8,12-13H2,1-5H3,(H,18,19);1H. The van der Waals surface area contributed by atoms with Crippen LogP contribution in [-0.4, -0.2) is 67.0 Å². The van der Waals surface area contributed by atoms with Gasteiger partial charge >= 0.3 is 0 Å². The molecule has 142 valence electrons. The van der Waals surface area contributed by atoms with Crippen LogP contribution in [0.5, 0.6) is 5.88 Å². The Labute approximate surface area is 167 Å². The number of nitrogens with zero attached hydrogens (tertiary/aromatic N) is 4. The van der Waals surface area contributed by atoms with Gasteiger partial charge in [0.2, 0.25) is 11.8 Å². The first-order valence-electron chi connectivity index (χ1n) is 8.32. The van der Waals surface area contributed by atoms with Gasteiger partial charge < -0.3 is 19.9 Å². The number of carbonyl (C=O) groups excluding carboxylic acids is 1. The van der Waals surface area contributed by atoms with Crippen molar-refractivity contribution in [2.24, 2.45) is 4.99 Å². The van der Waals surface area contributed by atoms with Gasteiger partial charge in [-0.3, -0.25) is 4.79 Å². The molecule has 0 aliphatic heterocycles. The third kappa shape index (κ3) is 7.89. The topological polar surface area (TPSA) is 70.1 Å². The number of hydrogen-bond donors (Lipinski definition) is 1. The van der Waals surface area contributed by atoms with Gasteiger partial charge in [-0.25, -0.2) is 9.98 Å². The lowest BCUT2D eigenvalue weighted by atomic mass is 10.3. The third-order valence-corrected chi connectivity index (χ3v) is 3.57. The Morgan fingerprint density at radius 1 is 1.28 bits per heavy atom. The maximum absolute atomic E-state index is 12.3. The molecule has 8 heteroatoms. The number of nitrogens with one attached hydrogen (secondary N) is 1. The van der Waals surface area contributed by atoms with Crippen LogP contribution in [0.4, 0.5) is 0 Å². The molecule has 1 N–H and O–H groups in total. The number of likely N-dealkylation sites (N-methyl/N-ethyl adjacent to an activating group) is 2. The van der Waals surface area contributed by atoms with Crippen LogP contribution in [0.1, 0.15) is 26.5 Å². The smallest absolute Gasteiger partial charge is 0.242 e. The molecule has 0 bridgehead atoms. The Balaban J connectivity index is 0.00000576. The van der Waals surface area contributed by atoms with E-state index in [0.29, 0.717) is 38.0 Å². The summed E-state index contributed by atoms with van der Waals surface area (Å²) >= 11 is 0. The Kier molecular flexibility index (Phi) is 11.9. The normalized spacial score (nSPS) is 10.7. The van der Waals surface area contributed by atoms with E-state index in [-0.39, 0.29) is 29.9 Å². The Hall–Kier alpha value is -1.58. The molecule has 0 unspecified atom stereocenters. The minimum atomic E-state index is 0. The number of aromatic nitrogens is 1. The summed E-state index contributed by atoms with van der Waals surface area (Å²) in [6, 6.07) is 5.58. The summed E-state index contributed by atoms with van der Waals surface area (Å²) in [5.41, 5.74) is 0.813. The Bertz CT molecular complexity index is 550. The molecular weight excluding hydrogens is 433 g/mol. The lowest BCUT2D eigenvalue weighted by Crippen LogP contribution is -2.45. The second-order valence-electron chi connectivity index (χ2n) is 5.26. The zero-order valence-electron chi connectivity index (χ0n) is 15.8. The first-order chi connectivity index (χ1) is 11.5. The molecule has 1 aromatic rings. The van der Waals surface area contributed by atoms with Gasteiger partial charge in [0.15, 0.2) is 5.96 Å². The summed E-state index contributed by atoms with van der Waals surface area (Å²) < 4.78 is 5.12. The van der Waals surface area contributed by atoms with E-state index in [4.69, 9.17) is 4.74 Å². The van der Waals surface area contributed by atoms with Crippen LogP contribution in [0.2, 0.25) is 0 Å². The average Bonchev–Trinajstić information content (AvgIpc) is 2.59. The number of guanidine groups is 1. The minimum absolute atomic E-state index is 0. The molecule has 0 saturated carbocycles. The number of rotatable bonds is 8. The average molecular weight is 463 g/mol. The summed E-state index contributed by atoms with van der Waals surface area (Å²) in [5.74, 6) is 1.34. The van der Waals surface area contributed by atoms with Crippen molar-refractivity contribution in [1.82, 2.24) is 20.1 Å². The molecule has 1 heterocycles. The molecule has 0 atom stereocenters. The summed E-state index contributed by atoms with van der Waals surface area (Å²) in [6.45, 7) is 8.83. The zero-order chi connectivity index (χ0) is 17.9. The molecule has 1 rings (SSSR count). The minimum Gasteiger partial charge on any atom is -0.481 e. The lowest BCUT2D eigenvalue weighted by Gasteiger charge is -2.25. The molecule has 25 heavy (non-hydrogen) atoms. The SMILES string of the molecule is CCNC(=NCc1cccc(OC)n1)N(C)CC(=O)N(CC)CC.I. The van der Waals surface area contributed by atoms with Gasteiger partial charge in [-0.1, -0.05) is 6.07 Å². The van der Waals surface area contributed by atoms with Crippen LogP contribution < -0.4 is 10.1 Å². The highest BCUT2D eigenvalue weighted by Gasteiger charge is 2.15. The number of hydrogen-bond acceptors (Lipinski definition) is 4. The number of amides is 1. The van der Waals surface area contributed by atoms with E-state index < -0.39 is 0 Å². The van der Waals surface area contributed by atoms with Gasteiger partial charge in [0.05, 0.1) is 25.9 Å². The Morgan fingerprint density at radius 3 is 2.52 bits per heavy atom. The van der Waals surface area contributed by atoms with Crippen molar-refractivity contribution < 1.29 is 9.53 Å². The number of ether oxygens (including phenoxy) is 1. The monoisotopic (exact) mass is 463 g/mol. The first-order valence-corrected chi connectivity index (χ1v) is 8.32. The quantitative estimate of drug-likeness (QED) is 0.363. The number of aliphatic imine (C=N–C) groups is 1. The van der Waals surface area contributed by atoms with Gasteiger partial charge in [0.1, 0.15) is 0 Å². The van der Waals surface area contributed by atoms with Gasteiger partial charge in [-0.05, 0) is 26.8 Å². The van der Waals surface area contributed by atoms with E-state index in [0.717, 1.165) is 12.2 Å². The highest BCUT2D eigenvalue weighted by atomic mass is 127. The summed E-state index contributed by atoms with van der Waals surface area (Å²) in [5, 5.41) is 3.21. The molecule has 0 radical (unpaired) electrons. The van der Waals surface area contributed by atoms with Gasteiger partial charge in [-0.15, -0.1) is 24.0 Å². The highest BCUT2D eigenvalue weighted by molar-refractivity contribution is 14.0. The maximum atomic E-state index is 12.3. The summed E-state index contributed by atoms with van der Waals surface area (Å²) in [7, 11) is 3.45. The van der Waals surface area contributed by atoms with Gasteiger partial charge in [0, 0.05) is 32.7 Å². The van der Waals surface area contributed by atoms with Crippen LogP contribution >= 0.6 is 24.0 Å². The van der Waals surface area contributed by atoms with E-state index in [1.54, 1.807) is 13.2 Å².